The van der Waals surface area contributed by atoms with Gasteiger partial charge in [0.15, 0.2) is 5.76 Å². The van der Waals surface area contributed by atoms with E-state index in [0.29, 0.717) is 6.54 Å². The molecule has 94 valence electrons. The monoisotopic (exact) mass is 240 g/mol. The van der Waals surface area contributed by atoms with Crippen molar-refractivity contribution in [3.8, 4) is 0 Å². The molecule has 0 aliphatic rings. The number of amides is 1. The van der Waals surface area contributed by atoms with E-state index in [0.717, 1.165) is 13.0 Å². The first-order chi connectivity index (χ1) is 8.06. The molecule has 1 aromatic rings. The summed E-state index contributed by atoms with van der Waals surface area (Å²) in [5, 5.41) is 11.6. The lowest BCUT2D eigenvalue weighted by atomic mass is 10.3. The van der Waals surface area contributed by atoms with Crippen molar-refractivity contribution >= 4 is 11.9 Å². The summed E-state index contributed by atoms with van der Waals surface area (Å²) in [7, 11) is 3.49. The maximum Gasteiger partial charge on any atom is 0.371 e. The van der Waals surface area contributed by atoms with E-state index in [1.54, 1.807) is 7.05 Å². The quantitative estimate of drug-likeness (QED) is 0.714. The molecule has 0 aliphatic carbocycles. The number of hydrogen-bond donors (Lipinski definition) is 2. The molecule has 0 saturated carbocycles. The zero-order chi connectivity index (χ0) is 12.8. The van der Waals surface area contributed by atoms with Gasteiger partial charge in [-0.25, -0.2) is 4.79 Å². The molecule has 0 bridgehead atoms. The van der Waals surface area contributed by atoms with E-state index in [-0.39, 0.29) is 17.4 Å². The van der Waals surface area contributed by atoms with Gasteiger partial charge in [-0.1, -0.05) is 0 Å². The topological polar surface area (TPSA) is 82.8 Å². The average molecular weight is 240 g/mol. The Morgan fingerprint density at radius 3 is 2.59 bits per heavy atom. The number of carbonyl (C=O) groups excluding carboxylic acids is 1. The molecule has 1 rings (SSSR count). The van der Waals surface area contributed by atoms with Crippen LogP contribution in [0, 0.1) is 0 Å². The molecule has 6 heteroatoms. The molecule has 1 amide bonds. The predicted octanol–water partition coefficient (Wildman–Crippen LogP) is 0.659. The first-order valence-corrected chi connectivity index (χ1v) is 5.29. The van der Waals surface area contributed by atoms with Gasteiger partial charge in [0.05, 0.1) is 0 Å². The fraction of sp³-hybridized carbons (Fsp3) is 0.455. The average Bonchev–Trinajstić information content (AvgIpc) is 2.77. The zero-order valence-electron chi connectivity index (χ0n) is 9.90. The minimum absolute atomic E-state index is 0.0503. The Morgan fingerprint density at radius 2 is 2.06 bits per heavy atom. The summed E-state index contributed by atoms with van der Waals surface area (Å²) in [6.45, 7) is 1.40. The SMILES string of the molecule is CNCCCN(C)C(=O)c1ccc(C(=O)O)o1. The molecule has 1 heterocycles. The van der Waals surface area contributed by atoms with Crippen LogP contribution in [0.1, 0.15) is 27.5 Å². The molecule has 0 aromatic carbocycles. The second kappa shape index (κ2) is 6.05. The van der Waals surface area contributed by atoms with Gasteiger partial charge in [0, 0.05) is 13.6 Å². The Kier molecular flexibility index (Phi) is 4.71. The lowest BCUT2D eigenvalue weighted by Crippen LogP contribution is -2.29. The standard InChI is InChI=1S/C11H16N2O4/c1-12-6-3-7-13(2)10(14)8-4-5-9(17-8)11(15)16/h4-5,12H,3,6-7H2,1-2H3,(H,15,16). The number of aromatic carboxylic acids is 1. The van der Waals surface area contributed by atoms with Gasteiger partial charge >= 0.3 is 5.97 Å². The highest BCUT2D eigenvalue weighted by Crippen LogP contribution is 2.10. The van der Waals surface area contributed by atoms with E-state index in [9.17, 15) is 9.59 Å². The van der Waals surface area contributed by atoms with E-state index in [1.807, 2.05) is 7.05 Å². The van der Waals surface area contributed by atoms with E-state index >= 15 is 0 Å². The number of furan rings is 1. The number of nitrogens with one attached hydrogen (secondary N) is 1. The highest BCUT2D eigenvalue weighted by molar-refractivity contribution is 5.93. The van der Waals surface area contributed by atoms with Crippen LogP contribution in [-0.2, 0) is 0 Å². The molecule has 0 saturated heterocycles. The maximum atomic E-state index is 11.8. The Hall–Kier alpha value is -1.82. The largest absolute Gasteiger partial charge is 0.475 e. The predicted molar refractivity (Wildman–Crippen MR) is 61.2 cm³/mol. The summed E-state index contributed by atoms with van der Waals surface area (Å²) in [5.74, 6) is -1.66. The van der Waals surface area contributed by atoms with Crippen molar-refractivity contribution < 1.29 is 19.1 Å². The Labute approximate surface area is 99.2 Å². The summed E-state index contributed by atoms with van der Waals surface area (Å²) in [6, 6.07) is 2.65. The third-order valence-corrected chi connectivity index (χ3v) is 2.29. The first kappa shape index (κ1) is 13.2. The summed E-state index contributed by atoms with van der Waals surface area (Å²) < 4.78 is 4.93. The van der Waals surface area contributed by atoms with E-state index in [2.05, 4.69) is 5.32 Å². The minimum atomic E-state index is -1.18. The van der Waals surface area contributed by atoms with Gasteiger partial charge in [-0.05, 0) is 32.1 Å². The molecule has 6 nitrogen and oxygen atoms in total. The molecule has 0 spiro atoms. The molecule has 0 atom stereocenters. The number of hydrogen-bond acceptors (Lipinski definition) is 4. The maximum absolute atomic E-state index is 11.8. The van der Waals surface area contributed by atoms with E-state index in [4.69, 9.17) is 9.52 Å². The number of carboxylic acids is 1. The van der Waals surface area contributed by atoms with Crippen molar-refractivity contribution in [2.45, 2.75) is 6.42 Å². The minimum Gasteiger partial charge on any atom is -0.475 e. The summed E-state index contributed by atoms with van der Waals surface area (Å²) in [4.78, 5) is 23.9. The van der Waals surface area contributed by atoms with Crippen LogP contribution in [0.2, 0.25) is 0 Å². The zero-order valence-corrected chi connectivity index (χ0v) is 9.90. The smallest absolute Gasteiger partial charge is 0.371 e. The second-order valence-electron chi connectivity index (χ2n) is 3.65. The van der Waals surface area contributed by atoms with Crippen LogP contribution in [0.3, 0.4) is 0 Å². The number of nitrogens with zero attached hydrogens (tertiary/aromatic N) is 1. The van der Waals surface area contributed by atoms with Crippen molar-refractivity contribution in [2.75, 3.05) is 27.2 Å². The van der Waals surface area contributed by atoms with Crippen LogP contribution in [0.4, 0.5) is 0 Å². The number of carbonyl (C=O) groups is 2. The number of rotatable bonds is 6. The lowest BCUT2D eigenvalue weighted by molar-refractivity contribution is 0.0653. The third-order valence-electron chi connectivity index (χ3n) is 2.29. The van der Waals surface area contributed by atoms with Crippen molar-refractivity contribution in [2.24, 2.45) is 0 Å². The lowest BCUT2D eigenvalue weighted by Gasteiger charge is -2.15. The van der Waals surface area contributed by atoms with Crippen LogP contribution in [-0.4, -0.2) is 49.1 Å². The van der Waals surface area contributed by atoms with Gasteiger partial charge in [0.25, 0.3) is 5.91 Å². The second-order valence-corrected chi connectivity index (χ2v) is 3.65. The van der Waals surface area contributed by atoms with Crippen molar-refractivity contribution in [1.82, 2.24) is 10.2 Å². The van der Waals surface area contributed by atoms with Gasteiger partial charge < -0.3 is 19.7 Å². The van der Waals surface area contributed by atoms with Gasteiger partial charge in [-0.15, -0.1) is 0 Å². The van der Waals surface area contributed by atoms with Crippen molar-refractivity contribution in [3.05, 3.63) is 23.7 Å². The van der Waals surface area contributed by atoms with Crippen LogP contribution < -0.4 is 5.32 Å². The fourth-order valence-electron chi connectivity index (χ4n) is 1.35. The molecule has 1 aromatic heterocycles. The summed E-state index contributed by atoms with van der Waals surface area (Å²) in [5.41, 5.74) is 0. The van der Waals surface area contributed by atoms with Gasteiger partial charge in [-0.2, -0.15) is 0 Å². The van der Waals surface area contributed by atoms with Crippen molar-refractivity contribution in [1.29, 1.82) is 0 Å². The van der Waals surface area contributed by atoms with E-state index in [1.165, 1.54) is 17.0 Å². The van der Waals surface area contributed by atoms with Gasteiger partial charge in [0.2, 0.25) is 5.76 Å². The van der Waals surface area contributed by atoms with Crippen LogP contribution in [0.15, 0.2) is 16.5 Å². The number of carboxylic acid groups (broad SMARTS) is 1. The Bertz CT molecular complexity index is 400. The summed E-state index contributed by atoms with van der Waals surface area (Å²) in [6.07, 6.45) is 0.825. The molecule has 0 aliphatic heterocycles. The normalized spacial score (nSPS) is 10.2. The first-order valence-electron chi connectivity index (χ1n) is 5.29. The fourth-order valence-corrected chi connectivity index (χ4v) is 1.35. The van der Waals surface area contributed by atoms with Crippen LogP contribution in [0.5, 0.6) is 0 Å². The van der Waals surface area contributed by atoms with Gasteiger partial charge in [-0.3, -0.25) is 4.79 Å². The molecule has 17 heavy (non-hydrogen) atoms. The highest BCUT2D eigenvalue weighted by Gasteiger charge is 2.17. The highest BCUT2D eigenvalue weighted by atomic mass is 16.4. The van der Waals surface area contributed by atoms with Crippen molar-refractivity contribution in [3.63, 3.8) is 0 Å². The summed E-state index contributed by atoms with van der Waals surface area (Å²) >= 11 is 0. The van der Waals surface area contributed by atoms with E-state index < -0.39 is 5.97 Å². The molecular weight excluding hydrogens is 224 g/mol. The molecule has 0 unspecified atom stereocenters. The van der Waals surface area contributed by atoms with Crippen LogP contribution in [0.25, 0.3) is 0 Å². The Balaban J connectivity index is 2.58. The molecule has 0 fully saturated rings. The molecule has 0 radical (unpaired) electrons. The molecular formula is C11H16N2O4. The third kappa shape index (κ3) is 3.60. The molecule has 2 N–H and O–H groups in total. The van der Waals surface area contributed by atoms with Crippen LogP contribution >= 0.6 is 0 Å². The Morgan fingerprint density at radius 1 is 1.41 bits per heavy atom. The van der Waals surface area contributed by atoms with Gasteiger partial charge in [0.1, 0.15) is 0 Å².